The first-order valence-corrected chi connectivity index (χ1v) is 6.07. The van der Waals surface area contributed by atoms with Gasteiger partial charge in [-0.3, -0.25) is 0 Å². The molecule has 2 atom stereocenters. The molecule has 0 heterocycles. The molecule has 0 fully saturated rings. The first kappa shape index (κ1) is 18.2. The molecule has 0 spiro atoms. The minimum atomic E-state index is 0.0278. The van der Waals surface area contributed by atoms with Crippen LogP contribution in [0.1, 0.15) is 40.5 Å². The highest BCUT2D eigenvalue weighted by Crippen LogP contribution is 2.03. The second-order valence-corrected chi connectivity index (χ2v) is 3.63. The van der Waals surface area contributed by atoms with Gasteiger partial charge in [0.1, 0.15) is 0 Å². The summed E-state index contributed by atoms with van der Waals surface area (Å²) in [6.45, 7) is 9.22. The minimum Gasteiger partial charge on any atom is -0.394 e. The molecule has 0 bridgehead atoms. The van der Waals surface area contributed by atoms with Crippen molar-refractivity contribution in [3.63, 3.8) is 0 Å². The second kappa shape index (κ2) is 14.8. The maximum absolute atomic E-state index is 8.09. The zero-order chi connectivity index (χ0) is 12.8. The van der Waals surface area contributed by atoms with Gasteiger partial charge in [0.2, 0.25) is 0 Å². The predicted molar refractivity (Wildman–Crippen MR) is 65.6 cm³/mol. The summed E-state index contributed by atoms with van der Waals surface area (Å²) in [5.41, 5.74) is 0. The largest absolute Gasteiger partial charge is 0.394 e. The third-order valence-electron chi connectivity index (χ3n) is 2.09. The molecule has 0 aliphatic rings. The van der Waals surface area contributed by atoms with Gasteiger partial charge in [-0.1, -0.05) is 13.8 Å². The first-order chi connectivity index (χ1) is 7.62. The molecule has 0 radical (unpaired) electrons. The Bertz CT molecular complexity index is 108. The molecule has 0 saturated heterocycles. The topological polar surface area (TPSA) is 58.9 Å². The van der Waals surface area contributed by atoms with Crippen molar-refractivity contribution in [3.05, 3.63) is 0 Å². The standard InChI is InChI=1S/C8H18O.C4H10O3/c1-5-7(3)9-8(4)6-2;5-1-3-7-4-2-6/h7-8H,5-6H2,1-4H3;5-6H,1-4H2. The Labute approximate surface area is 99.6 Å². The normalized spacial score (nSPS) is 13.9. The molecule has 0 aliphatic carbocycles. The van der Waals surface area contributed by atoms with Gasteiger partial charge in [0.05, 0.1) is 38.6 Å². The van der Waals surface area contributed by atoms with Crippen LogP contribution in [0.25, 0.3) is 0 Å². The molecule has 4 nitrogen and oxygen atoms in total. The summed E-state index contributed by atoms with van der Waals surface area (Å²) in [7, 11) is 0. The van der Waals surface area contributed by atoms with Gasteiger partial charge in [-0.05, 0) is 26.7 Å². The van der Waals surface area contributed by atoms with E-state index in [9.17, 15) is 0 Å². The molecule has 0 saturated carbocycles. The Balaban J connectivity index is 0. The summed E-state index contributed by atoms with van der Waals surface area (Å²) in [6, 6.07) is 0. The van der Waals surface area contributed by atoms with Crippen molar-refractivity contribution >= 4 is 0 Å². The third kappa shape index (κ3) is 16.3. The van der Waals surface area contributed by atoms with Crippen molar-refractivity contribution in [2.24, 2.45) is 0 Å². The smallest absolute Gasteiger partial charge is 0.0698 e. The summed E-state index contributed by atoms with van der Waals surface area (Å²) >= 11 is 0. The van der Waals surface area contributed by atoms with Crippen molar-refractivity contribution in [1.29, 1.82) is 0 Å². The Morgan fingerprint density at radius 1 is 0.875 bits per heavy atom. The molecule has 0 aliphatic heterocycles. The number of aliphatic hydroxyl groups is 2. The van der Waals surface area contributed by atoms with Crippen LogP contribution in [0.2, 0.25) is 0 Å². The molecular weight excluding hydrogens is 208 g/mol. The van der Waals surface area contributed by atoms with Crippen LogP contribution in [0.3, 0.4) is 0 Å². The average Bonchev–Trinajstić information content (AvgIpc) is 2.30. The van der Waals surface area contributed by atoms with Crippen molar-refractivity contribution < 1.29 is 19.7 Å². The lowest BCUT2D eigenvalue weighted by Gasteiger charge is -2.15. The van der Waals surface area contributed by atoms with E-state index in [0.717, 1.165) is 12.8 Å². The maximum Gasteiger partial charge on any atom is 0.0698 e. The lowest BCUT2D eigenvalue weighted by Crippen LogP contribution is -2.14. The van der Waals surface area contributed by atoms with E-state index >= 15 is 0 Å². The molecule has 0 aromatic heterocycles. The lowest BCUT2D eigenvalue weighted by molar-refractivity contribution is 0.00511. The van der Waals surface area contributed by atoms with Gasteiger partial charge < -0.3 is 19.7 Å². The van der Waals surface area contributed by atoms with E-state index in [0.29, 0.717) is 25.4 Å². The van der Waals surface area contributed by atoms with Crippen LogP contribution in [0.4, 0.5) is 0 Å². The summed E-state index contributed by atoms with van der Waals surface area (Å²) < 4.78 is 10.2. The fraction of sp³-hybridized carbons (Fsp3) is 1.00. The maximum atomic E-state index is 8.09. The van der Waals surface area contributed by atoms with E-state index in [1.807, 2.05) is 0 Å². The van der Waals surface area contributed by atoms with E-state index < -0.39 is 0 Å². The number of hydrogen-bond donors (Lipinski definition) is 2. The number of hydrogen-bond acceptors (Lipinski definition) is 4. The second-order valence-electron chi connectivity index (χ2n) is 3.63. The zero-order valence-electron chi connectivity index (χ0n) is 11.1. The summed E-state index contributed by atoms with van der Waals surface area (Å²) in [5, 5.41) is 16.2. The van der Waals surface area contributed by atoms with E-state index in [1.54, 1.807) is 0 Å². The van der Waals surface area contributed by atoms with Crippen molar-refractivity contribution in [2.75, 3.05) is 26.4 Å². The van der Waals surface area contributed by atoms with Gasteiger partial charge in [-0.15, -0.1) is 0 Å². The Morgan fingerprint density at radius 2 is 1.25 bits per heavy atom. The van der Waals surface area contributed by atoms with E-state index in [4.69, 9.17) is 14.9 Å². The minimum absolute atomic E-state index is 0.0278. The Morgan fingerprint density at radius 3 is 1.50 bits per heavy atom. The number of ether oxygens (including phenoxy) is 2. The van der Waals surface area contributed by atoms with Crippen molar-refractivity contribution in [2.45, 2.75) is 52.7 Å². The molecule has 0 amide bonds. The molecule has 16 heavy (non-hydrogen) atoms. The molecule has 100 valence electrons. The van der Waals surface area contributed by atoms with Gasteiger partial charge in [-0.25, -0.2) is 0 Å². The van der Waals surface area contributed by atoms with E-state index in [1.165, 1.54) is 0 Å². The third-order valence-corrected chi connectivity index (χ3v) is 2.09. The molecule has 0 aromatic carbocycles. The molecular formula is C12H28O4. The van der Waals surface area contributed by atoms with Gasteiger partial charge in [0.15, 0.2) is 0 Å². The van der Waals surface area contributed by atoms with Crippen LogP contribution in [-0.4, -0.2) is 48.8 Å². The summed E-state index contributed by atoms with van der Waals surface area (Å²) in [6.07, 6.45) is 3.09. The molecule has 2 unspecified atom stereocenters. The van der Waals surface area contributed by atoms with Crippen LogP contribution in [-0.2, 0) is 9.47 Å². The van der Waals surface area contributed by atoms with Crippen LogP contribution >= 0.6 is 0 Å². The van der Waals surface area contributed by atoms with Gasteiger partial charge in [0, 0.05) is 0 Å². The van der Waals surface area contributed by atoms with Crippen molar-refractivity contribution in [1.82, 2.24) is 0 Å². The fourth-order valence-electron chi connectivity index (χ4n) is 0.820. The molecule has 4 heteroatoms. The molecule has 0 aromatic rings. The van der Waals surface area contributed by atoms with E-state index in [-0.39, 0.29) is 13.2 Å². The monoisotopic (exact) mass is 236 g/mol. The zero-order valence-corrected chi connectivity index (χ0v) is 11.1. The number of rotatable bonds is 8. The highest BCUT2D eigenvalue weighted by molar-refractivity contribution is 4.50. The van der Waals surface area contributed by atoms with Crippen LogP contribution in [0, 0.1) is 0 Å². The van der Waals surface area contributed by atoms with Gasteiger partial charge in [-0.2, -0.15) is 0 Å². The van der Waals surface area contributed by atoms with Gasteiger partial charge in [0.25, 0.3) is 0 Å². The predicted octanol–water partition coefficient (Wildman–Crippen LogP) is 1.59. The number of aliphatic hydroxyl groups excluding tert-OH is 2. The van der Waals surface area contributed by atoms with Crippen LogP contribution < -0.4 is 0 Å². The quantitative estimate of drug-likeness (QED) is 0.628. The SMILES string of the molecule is CCC(C)OC(C)CC.OCCOCCO. The highest BCUT2D eigenvalue weighted by Gasteiger charge is 2.02. The Hall–Kier alpha value is -0.160. The lowest BCUT2D eigenvalue weighted by atomic mass is 10.3. The molecule has 0 rings (SSSR count). The first-order valence-electron chi connectivity index (χ1n) is 6.07. The summed E-state index contributed by atoms with van der Waals surface area (Å²) in [4.78, 5) is 0. The molecule has 2 N–H and O–H groups in total. The average molecular weight is 236 g/mol. The fourth-order valence-corrected chi connectivity index (χ4v) is 0.820. The Kier molecular flexibility index (Phi) is 16.9. The summed E-state index contributed by atoms with van der Waals surface area (Å²) in [5.74, 6) is 0. The van der Waals surface area contributed by atoms with Crippen LogP contribution in [0.5, 0.6) is 0 Å². The van der Waals surface area contributed by atoms with E-state index in [2.05, 4.69) is 32.4 Å². The van der Waals surface area contributed by atoms with Crippen LogP contribution in [0.15, 0.2) is 0 Å². The van der Waals surface area contributed by atoms with Gasteiger partial charge >= 0.3 is 0 Å². The highest BCUT2D eigenvalue weighted by atomic mass is 16.5. The van der Waals surface area contributed by atoms with Crippen molar-refractivity contribution in [3.8, 4) is 0 Å².